The van der Waals surface area contributed by atoms with Crippen molar-refractivity contribution in [3.8, 4) is 0 Å². The molecule has 0 amide bonds. The second-order valence-corrected chi connectivity index (χ2v) is 9.68. The molecule has 0 aromatic rings. The number of quaternary nitrogens is 1. The Hall–Kier alpha value is -0.570. The van der Waals surface area contributed by atoms with E-state index in [2.05, 4.69) is 4.74 Å². The SMILES string of the molecule is CC(CCS(C)(=O)=O)(CCS(=O)(=O)[O-])COCC(F)(F)C(F)(F)F.[NH4+]. The van der Waals surface area contributed by atoms with Crippen molar-refractivity contribution >= 4 is 20.0 Å². The maximum absolute atomic E-state index is 12.8. The van der Waals surface area contributed by atoms with Gasteiger partial charge in [0.2, 0.25) is 0 Å². The Bertz CT molecular complexity index is 581. The van der Waals surface area contributed by atoms with Crippen LogP contribution in [0.1, 0.15) is 19.8 Å². The van der Waals surface area contributed by atoms with Gasteiger partial charge in [-0.2, -0.15) is 22.0 Å². The van der Waals surface area contributed by atoms with E-state index >= 15 is 0 Å². The lowest BCUT2D eigenvalue weighted by molar-refractivity contribution is -0.298. The molecule has 0 aromatic carbocycles. The lowest BCUT2D eigenvalue weighted by Gasteiger charge is -2.30. The molecule has 1 atom stereocenters. The lowest BCUT2D eigenvalue weighted by Crippen LogP contribution is -2.42. The zero-order valence-corrected chi connectivity index (χ0v) is 15.5. The maximum atomic E-state index is 12.8. The Morgan fingerprint density at radius 3 is 1.72 bits per heavy atom. The van der Waals surface area contributed by atoms with Crippen LogP contribution in [0.15, 0.2) is 0 Å². The van der Waals surface area contributed by atoms with E-state index in [0.29, 0.717) is 0 Å². The minimum atomic E-state index is -5.81. The molecule has 0 aliphatic rings. The molecule has 0 saturated heterocycles. The van der Waals surface area contributed by atoms with Crippen molar-refractivity contribution in [2.24, 2.45) is 5.41 Å². The first-order valence-electron chi connectivity index (χ1n) is 6.51. The molecule has 4 N–H and O–H groups in total. The van der Waals surface area contributed by atoms with Crippen molar-refractivity contribution in [3.05, 3.63) is 0 Å². The highest BCUT2D eigenvalue weighted by molar-refractivity contribution is 7.90. The van der Waals surface area contributed by atoms with Crippen molar-refractivity contribution in [1.82, 2.24) is 6.15 Å². The third kappa shape index (κ3) is 11.6. The number of rotatable bonds is 10. The highest BCUT2D eigenvalue weighted by Gasteiger charge is 2.57. The van der Waals surface area contributed by atoms with E-state index in [4.69, 9.17) is 0 Å². The molecule has 25 heavy (non-hydrogen) atoms. The molecule has 7 nitrogen and oxygen atoms in total. The van der Waals surface area contributed by atoms with Gasteiger partial charge in [0.15, 0.2) is 0 Å². The summed E-state index contributed by atoms with van der Waals surface area (Å²) in [6, 6.07) is 0. The van der Waals surface area contributed by atoms with Crippen LogP contribution in [0.2, 0.25) is 0 Å². The summed E-state index contributed by atoms with van der Waals surface area (Å²) in [5.74, 6) is -6.50. The molecular weight excluding hydrogens is 401 g/mol. The van der Waals surface area contributed by atoms with Crippen molar-refractivity contribution in [3.63, 3.8) is 0 Å². The summed E-state index contributed by atoms with van der Waals surface area (Å²) in [5, 5.41) is 0. The van der Waals surface area contributed by atoms with E-state index in [1.165, 1.54) is 6.92 Å². The fourth-order valence-corrected chi connectivity index (χ4v) is 3.19. The van der Waals surface area contributed by atoms with Gasteiger partial charge in [0.1, 0.15) is 16.4 Å². The second kappa shape index (κ2) is 8.88. The van der Waals surface area contributed by atoms with Crippen LogP contribution < -0.4 is 6.15 Å². The zero-order chi connectivity index (χ0) is 19.4. The Morgan fingerprint density at radius 2 is 1.36 bits per heavy atom. The Labute approximate surface area is 143 Å². The van der Waals surface area contributed by atoms with Crippen LogP contribution in [-0.2, 0) is 24.7 Å². The molecule has 0 fully saturated rings. The smallest absolute Gasteiger partial charge is 0.455 e. The van der Waals surface area contributed by atoms with E-state index in [-0.39, 0.29) is 12.6 Å². The Balaban J connectivity index is 0. The van der Waals surface area contributed by atoms with Gasteiger partial charge in [0.25, 0.3) is 0 Å². The van der Waals surface area contributed by atoms with Crippen molar-refractivity contribution in [2.45, 2.75) is 31.9 Å². The van der Waals surface area contributed by atoms with E-state index in [0.717, 1.165) is 6.26 Å². The normalized spacial score (nSPS) is 16.2. The molecule has 0 aliphatic heterocycles. The van der Waals surface area contributed by atoms with Gasteiger partial charge in [-0.1, -0.05) is 6.92 Å². The molecular formula is C11H22F5NO6S2. The number of alkyl halides is 5. The molecule has 14 heteroatoms. The molecule has 0 bridgehead atoms. The van der Waals surface area contributed by atoms with Gasteiger partial charge in [-0.05, 0) is 18.3 Å². The van der Waals surface area contributed by atoms with Crippen molar-refractivity contribution in [2.75, 3.05) is 31.0 Å². The fourth-order valence-electron chi connectivity index (χ4n) is 1.58. The lowest BCUT2D eigenvalue weighted by atomic mass is 9.85. The van der Waals surface area contributed by atoms with Gasteiger partial charge in [-0.15, -0.1) is 0 Å². The molecule has 0 spiro atoms. The largest absolute Gasteiger partial charge is 0.748 e. The topological polar surface area (TPSA) is 137 Å². The third-order valence-electron chi connectivity index (χ3n) is 3.18. The summed E-state index contributed by atoms with van der Waals surface area (Å²) in [5.41, 5.74) is -1.37. The minimum Gasteiger partial charge on any atom is -0.748 e. The van der Waals surface area contributed by atoms with Crippen molar-refractivity contribution < 1.29 is 48.1 Å². The van der Waals surface area contributed by atoms with Gasteiger partial charge in [0, 0.05) is 12.0 Å². The second-order valence-electron chi connectivity index (χ2n) is 5.90. The predicted molar refractivity (Wildman–Crippen MR) is 79.4 cm³/mol. The number of hydrogen-bond acceptors (Lipinski definition) is 6. The average molecular weight is 423 g/mol. The number of hydrogen-bond donors (Lipinski definition) is 1. The van der Waals surface area contributed by atoms with Gasteiger partial charge >= 0.3 is 12.1 Å². The molecule has 0 rings (SSSR count). The number of halogens is 5. The summed E-state index contributed by atoms with van der Waals surface area (Å²) in [7, 11) is -8.17. The molecule has 0 radical (unpaired) electrons. The first-order chi connectivity index (χ1) is 10.4. The average Bonchev–Trinajstić information content (AvgIpc) is 2.31. The summed E-state index contributed by atoms with van der Waals surface area (Å²) in [6.45, 7) is -1.51. The molecule has 0 saturated carbocycles. The van der Waals surface area contributed by atoms with Crippen LogP contribution in [0.3, 0.4) is 0 Å². The highest BCUT2D eigenvalue weighted by Crippen LogP contribution is 2.36. The van der Waals surface area contributed by atoms with E-state index in [1.807, 2.05) is 0 Å². The maximum Gasteiger partial charge on any atom is 0.455 e. The monoisotopic (exact) mass is 423 g/mol. The molecule has 1 unspecified atom stereocenters. The molecule has 154 valence electrons. The third-order valence-corrected chi connectivity index (χ3v) is 4.83. The van der Waals surface area contributed by atoms with Crippen LogP contribution >= 0.6 is 0 Å². The Kier molecular flexibility index (Phi) is 9.47. The number of ether oxygens (including phenoxy) is 1. The van der Waals surface area contributed by atoms with Gasteiger partial charge < -0.3 is 15.4 Å². The van der Waals surface area contributed by atoms with Crippen LogP contribution in [0.4, 0.5) is 22.0 Å². The van der Waals surface area contributed by atoms with Crippen LogP contribution in [0.5, 0.6) is 0 Å². The van der Waals surface area contributed by atoms with Gasteiger partial charge in [-0.3, -0.25) is 0 Å². The summed E-state index contributed by atoms with van der Waals surface area (Å²) >= 11 is 0. The van der Waals surface area contributed by atoms with Crippen molar-refractivity contribution in [1.29, 1.82) is 0 Å². The molecule has 0 aromatic heterocycles. The van der Waals surface area contributed by atoms with E-state index in [9.17, 15) is 43.3 Å². The predicted octanol–water partition coefficient (Wildman–Crippen LogP) is 1.95. The van der Waals surface area contributed by atoms with Crippen LogP contribution in [0.25, 0.3) is 0 Å². The van der Waals surface area contributed by atoms with Gasteiger partial charge in [-0.25, -0.2) is 16.8 Å². The van der Waals surface area contributed by atoms with Crippen LogP contribution in [-0.4, -0.2) is 64.5 Å². The quantitative estimate of drug-likeness (QED) is 0.421. The fraction of sp³-hybridized carbons (Fsp3) is 1.00. The van der Waals surface area contributed by atoms with Gasteiger partial charge in [0.05, 0.1) is 22.5 Å². The first-order valence-corrected chi connectivity index (χ1v) is 10.1. The van der Waals surface area contributed by atoms with E-state index in [1.54, 1.807) is 0 Å². The summed E-state index contributed by atoms with van der Waals surface area (Å²) < 4.78 is 120. The first kappa shape index (κ1) is 26.7. The summed E-state index contributed by atoms with van der Waals surface area (Å²) in [6.07, 6.45) is -5.64. The Morgan fingerprint density at radius 1 is 0.920 bits per heavy atom. The standard InChI is InChI=1S/C11H19F5O6S2.H3N/c1-9(3-5-23(2,17)18,4-6-24(19,20)21)7-22-8-10(12,13)11(14,15)16;/h3-8H2,1-2H3,(H,19,20,21);1H3. The van der Waals surface area contributed by atoms with E-state index < -0.39 is 68.6 Å². The number of sulfone groups is 1. The zero-order valence-electron chi connectivity index (χ0n) is 13.9. The molecule has 0 heterocycles. The minimum absolute atomic E-state index is 0. The van der Waals surface area contributed by atoms with Crippen LogP contribution in [0, 0.1) is 5.41 Å². The highest BCUT2D eigenvalue weighted by atomic mass is 32.2. The summed E-state index contributed by atoms with van der Waals surface area (Å²) in [4.78, 5) is 0. The molecule has 0 aliphatic carbocycles.